The number of rotatable bonds is 2. The minimum absolute atomic E-state index is 0.579. The summed E-state index contributed by atoms with van der Waals surface area (Å²) in [6.45, 7) is 0. The molecule has 7 rings (SSSR count). The Bertz CT molecular complexity index is 1280. The van der Waals surface area contributed by atoms with Gasteiger partial charge in [-0.05, 0) is 109 Å². The molecule has 0 aliphatic heterocycles. The maximum absolute atomic E-state index is 6.37. The van der Waals surface area contributed by atoms with Crippen LogP contribution in [0.1, 0.15) is 81.0 Å². The van der Waals surface area contributed by atoms with Crippen molar-refractivity contribution >= 4 is 22.1 Å². The fourth-order valence-corrected chi connectivity index (χ4v) is 7.90. The van der Waals surface area contributed by atoms with Gasteiger partial charge in [0.25, 0.3) is 0 Å². The van der Waals surface area contributed by atoms with Crippen molar-refractivity contribution in [2.75, 3.05) is 0 Å². The van der Waals surface area contributed by atoms with Crippen molar-refractivity contribution in [3.63, 3.8) is 0 Å². The number of aryl methyl sites for hydroxylation is 4. The van der Waals surface area contributed by atoms with E-state index in [4.69, 9.17) is 4.42 Å². The topological polar surface area (TPSA) is 13.1 Å². The molecular weight excluding hydrogens is 408 g/mol. The highest BCUT2D eigenvalue weighted by Crippen LogP contribution is 2.44. The molecule has 0 N–H and O–H groups in total. The van der Waals surface area contributed by atoms with E-state index in [1.165, 1.54) is 85.6 Å². The highest BCUT2D eigenvalue weighted by molar-refractivity contribution is 7.12. The molecule has 0 radical (unpaired) electrons. The molecule has 3 aliphatic carbocycles. The van der Waals surface area contributed by atoms with Crippen LogP contribution in [0.3, 0.4) is 0 Å². The number of fused-ring (bicyclic) bond motifs is 5. The van der Waals surface area contributed by atoms with E-state index in [2.05, 4.69) is 59.9 Å². The lowest BCUT2D eigenvalue weighted by molar-refractivity contribution is 0.400. The van der Waals surface area contributed by atoms with Crippen molar-refractivity contribution in [1.82, 2.24) is 0 Å². The van der Waals surface area contributed by atoms with Crippen LogP contribution in [0.4, 0.5) is 0 Å². The van der Waals surface area contributed by atoms with Crippen LogP contribution in [-0.2, 0) is 38.5 Å². The first-order valence-corrected chi connectivity index (χ1v) is 13.4. The molecule has 2 atom stereocenters. The van der Waals surface area contributed by atoms with Crippen molar-refractivity contribution < 1.29 is 4.42 Å². The predicted octanol–water partition coefficient (Wildman–Crippen LogP) is 7.92. The lowest BCUT2D eigenvalue weighted by atomic mass is 9.80. The molecule has 2 heteroatoms. The molecule has 32 heavy (non-hydrogen) atoms. The van der Waals surface area contributed by atoms with Crippen molar-refractivity contribution in [2.24, 2.45) is 0 Å². The van der Waals surface area contributed by atoms with E-state index < -0.39 is 0 Å². The largest absolute Gasteiger partial charge is 0.465 e. The van der Waals surface area contributed by atoms with Gasteiger partial charge in [-0.2, -0.15) is 0 Å². The molecule has 0 fully saturated rings. The van der Waals surface area contributed by atoms with Gasteiger partial charge in [-0.1, -0.05) is 36.4 Å². The number of hydrogen-bond acceptors (Lipinski definition) is 2. The molecule has 4 aromatic rings. The maximum atomic E-state index is 6.37. The molecule has 3 aliphatic rings. The SMILES string of the molecule is c1ccc2c3c(ccc2c1)CCC(c1cc2c(s1)CC(c1cc4c(o1)CCCC4)CC2)C3. The van der Waals surface area contributed by atoms with E-state index in [1.807, 2.05) is 0 Å². The Morgan fingerprint density at radius 3 is 2.59 bits per heavy atom. The normalized spacial score (nSPS) is 22.4. The van der Waals surface area contributed by atoms with Gasteiger partial charge in [0.05, 0.1) is 0 Å². The fourth-order valence-electron chi connectivity index (χ4n) is 6.47. The van der Waals surface area contributed by atoms with Crippen LogP contribution < -0.4 is 0 Å². The first-order valence-electron chi connectivity index (χ1n) is 12.5. The zero-order valence-corrected chi connectivity index (χ0v) is 19.5. The molecular formula is C30H30OS. The zero-order valence-electron chi connectivity index (χ0n) is 18.7. The first kappa shape index (κ1) is 19.2. The van der Waals surface area contributed by atoms with Crippen LogP contribution in [0.2, 0.25) is 0 Å². The van der Waals surface area contributed by atoms with Crippen molar-refractivity contribution in [3.8, 4) is 0 Å². The number of benzene rings is 2. The molecule has 0 spiro atoms. The van der Waals surface area contributed by atoms with Gasteiger partial charge in [-0.25, -0.2) is 0 Å². The van der Waals surface area contributed by atoms with E-state index in [0.717, 1.165) is 6.42 Å². The second kappa shape index (κ2) is 7.63. The van der Waals surface area contributed by atoms with Gasteiger partial charge >= 0.3 is 0 Å². The second-order valence-electron chi connectivity index (χ2n) is 10.2. The summed E-state index contributed by atoms with van der Waals surface area (Å²) in [6.07, 6.45) is 12.3. The third-order valence-corrected chi connectivity index (χ3v) is 9.64. The third-order valence-electron chi connectivity index (χ3n) is 8.28. The summed E-state index contributed by atoms with van der Waals surface area (Å²) in [5.41, 5.74) is 6.30. The van der Waals surface area contributed by atoms with Gasteiger partial charge in [-0.15, -0.1) is 11.3 Å². The molecule has 0 bridgehead atoms. The summed E-state index contributed by atoms with van der Waals surface area (Å²) in [5, 5.41) is 2.86. The Balaban J connectivity index is 1.15. The molecule has 2 heterocycles. The van der Waals surface area contributed by atoms with E-state index in [0.29, 0.717) is 11.8 Å². The quantitative estimate of drug-likeness (QED) is 0.310. The zero-order chi connectivity index (χ0) is 21.1. The van der Waals surface area contributed by atoms with E-state index in [1.54, 1.807) is 26.4 Å². The lowest BCUT2D eigenvalue weighted by Crippen LogP contribution is -2.12. The summed E-state index contributed by atoms with van der Waals surface area (Å²) in [7, 11) is 0. The van der Waals surface area contributed by atoms with Gasteiger partial charge in [0, 0.05) is 22.1 Å². The van der Waals surface area contributed by atoms with Crippen molar-refractivity contribution in [3.05, 3.63) is 92.1 Å². The molecule has 2 unspecified atom stereocenters. The molecule has 2 aromatic heterocycles. The van der Waals surface area contributed by atoms with Gasteiger partial charge in [0.15, 0.2) is 0 Å². The van der Waals surface area contributed by atoms with Crippen LogP contribution in [-0.4, -0.2) is 0 Å². The van der Waals surface area contributed by atoms with Crippen LogP contribution >= 0.6 is 11.3 Å². The summed E-state index contributed by atoms with van der Waals surface area (Å²) in [5.74, 6) is 3.82. The highest BCUT2D eigenvalue weighted by atomic mass is 32.1. The van der Waals surface area contributed by atoms with Crippen LogP contribution in [0, 0.1) is 0 Å². The number of hydrogen-bond donors (Lipinski definition) is 0. The summed E-state index contributed by atoms with van der Waals surface area (Å²) in [4.78, 5) is 3.27. The van der Waals surface area contributed by atoms with Gasteiger partial charge in [0.2, 0.25) is 0 Å². The Morgan fingerprint density at radius 2 is 1.62 bits per heavy atom. The summed E-state index contributed by atoms with van der Waals surface area (Å²) >= 11 is 2.11. The monoisotopic (exact) mass is 438 g/mol. The summed E-state index contributed by atoms with van der Waals surface area (Å²) in [6, 6.07) is 18.6. The second-order valence-corrected chi connectivity index (χ2v) is 11.4. The Kier molecular flexibility index (Phi) is 4.57. The lowest BCUT2D eigenvalue weighted by Gasteiger charge is -2.25. The first-order chi connectivity index (χ1) is 15.8. The predicted molar refractivity (Wildman–Crippen MR) is 133 cm³/mol. The standard InChI is InChI=1S/C30H30OS/c1-3-7-25-19(5-1)9-10-20-11-13-23(15-26(20)25)30-18-24-14-12-22(17-29(24)32-30)28-16-21-6-2-4-8-27(21)31-28/h1,3,5,7,9-10,16,18,22-23H,2,4,6,8,11-15,17H2. The van der Waals surface area contributed by atoms with E-state index in [9.17, 15) is 0 Å². The average molecular weight is 439 g/mol. The van der Waals surface area contributed by atoms with Gasteiger partial charge in [0.1, 0.15) is 11.5 Å². The Morgan fingerprint density at radius 1 is 0.750 bits per heavy atom. The maximum Gasteiger partial charge on any atom is 0.107 e. The average Bonchev–Trinajstić information content (AvgIpc) is 3.47. The Hall–Kier alpha value is -2.32. The third kappa shape index (κ3) is 3.18. The smallest absolute Gasteiger partial charge is 0.107 e. The van der Waals surface area contributed by atoms with Gasteiger partial charge < -0.3 is 4.42 Å². The molecule has 0 saturated carbocycles. The summed E-state index contributed by atoms with van der Waals surface area (Å²) < 4.78 is 6.37. The molecule has 1 nitrogen and oxygen atoms in total. The fraction of sp³-hybridized carbons (Fsp3) is 0.400. The van der Waals surface area contributed by atoms with E-state index >= 15 is 0 Å². The van der Waals surface area contributed by atoms with Crippen molar-refractivity contribution in [1.29, 1.82) is 0 Å². The highest BCUT2D eigenvalue weighted by Gasteiger charge is 2.29. The molecule has 0 saturated heterocycles. The minimum atomic E-state index is 0.579. The molecule has 162 valence electrons. The van der Waals surface area contributed by atoms with Crippen molar-refractivity contribution in [2.45, 2.75) is 76.0 Å². The van der Waals surface area contributed by atoms with E-state index in [-0.39, 0.29) is 0 Å². The number of thiophene rings is 1. The van der Waals surface area contributed by atoms with Crippen LogP contribution in [0.25, 0.3) is 10.8 Å². The number of furan rings is 1. The van der Waals surface area contributed by atoms with Gasteiger partial charge in [-0.3, -0.25) is 0 Å². The minimum Gasteiger partial charge on any atom is -0.465 e. The van der Waals surface area contributed by atoms with Crippen LogP contribution in [0.5, 0.6) is 0 Å². The molecule has 2 aromatic carbocycles. The molecule has 0 amide bonds. The Labute approximate surface area is 194 Å². The van der Waals surface area contributed by atoms with Crippen LogP contribution in [0.15, 0.2) is 52.9 Å².